The standard InChI is InChI=1S/C44H24N6/c45-25-29-1-13-35(14-2-29)49(36-15-3-30(26-46)4-16-36)41-23-11-33-10-22-40-42(24-12-34-9-21-39(41)43(33)44(34)40)50(37-17-5-31(27-47)6-18-37)38-19-7-32(28-48)8-20-38/h1-24H. The van der Waals surface area contributed by atoms with Crippen molar-refractivity contribution in [2.24, 2.45) is 0 Å². The highest BCUT2D eigenvalue weighted by Crippen LogP contribution is 2.47. The van der Waals surface area contributed by atoms with Gasteiger partial charge < -0.3 is 9.80 Å². The van der Waals surface area contributed by atoms with Crippen LogP contribution in [0.3, 0.4) is 0 Å². The molecule has 0 radical (unpaired) electrons. The molecule has 230 valence electrons. The Morgan fingerprint density at radius 2 is 0.560 bits per heavy atom. The molecule has 0 aromatic heterocycles. The van der Waals surface area contributed by atoms with E-state index in [1.807, 2.05) is 97.1 Å². The van der Waals surface area contributed by atoms with Gasteiger partial charge in [0, 0.05) is 33.5 Å². The van der Waals surface area contributed by atoms with Gasteiger partial charge in [0.15, 0.2) is 0 Å². The van der Waals surface area contributed by atoms with Gasteiger partial charge in [0.1, 0.15) is 0 Å². The predicted molar refractivity (Wildman–Crippen MR) is 198 cm³/mol. The largest absolute Gasteiger partial charge is 0.310 e. The molecule has 0 bridgehead atoms. The van der Waals surface area contributed by atoms with Crippen LogP contribution in [-0.4, -0.2) is 0 Å². The van der Waals surface area contributed by atoms with Crippen LogP contribution in [0.25, 0.3) is 32.3 Å². The quantitative estimate of drug-likeness (QED) is 0.168. The van der Waals surface area contributed by atoms with Gasteiger partial charge in [-0.05, 0) is 131 Å². The Morgan fingerprint density at radius 3 is 0.820 bits per heavy atom. The predicted octanol–water partition coefficient (Wildman–Crippen LogP) is 11.0. The zero-order valence-corrected chi connectivity index (χ0v) is 26.5. The van der Waals surface area contributed by atoms with E-state index in [1.165, 1.54) is 0 Å². The first-order chi connectivity index (χ1) is 24.6. The van der Waals surface area contributed by atoms with Crippen molar-refractivity contribution in [3.63, 3.8) is 0 Å². The molecule has 6 heteroatoms. The van der Waals surface area contributed by atoms with E-state index in [2.05, 4.69) is 82.6 Å². The summed E-state index contributed by atoms with van der Waals surface area (Å²) in [7, 11) is 0. The Labute approximate surface area is 288 Å². The lowest BCUT2D eigenvalue weighted by Crippen LogP contribution is -2.11. The summed E-state index contributed by atoms with van der Waals surface area (Å²) in [5, 5.41) is 44.5. The molecule has 8 rings (SSSR count). The summed E-state index contributed by atoms with van der Waals surface area (Å²) >= 11 is 0. The van der Waals surface area contributed by atoms with Crippen molar-refractivity contribution in [1.82, 2.24) is 0 Å². The van der Waals surface area contributed by atoms with Crippen molar-refractivity contribution in [2.45, 2.75) is 0 Å². The van der Waals surface area contributed by atoms with Crippen molar-refractivity contribution in [2.75, 3.05) is 9.80 Å². The fourth-order valence-electron chi connectivity index (χ4n) is 6.75. The first-order valence-corrected chi connectivity index (χ1v) is 15.9. The molecule has 0 fully saturated rings. The summed E-state index contributed by atoms with van der Waals surface area (Å²) in [6.07, 6.45) is 0. The average molecular weight is 637 g/mol. The van der Waals surface area contributed by atoms with Gasteiger partial charge in [-0.1, -0.05) is 36.4 Å². The maximum absolute atomic E-state index is 9.49. The molecule has 0 unspecified atom stereocenters. The summed E-state index contributed by atoms with van der Waals surface area (Å²) in [6.45, 7) is 0. The van der Waals surface area contributed by atoms with Gasteiger partial charge >= 0.3 is 0 Å². The van der Waals surface area contributed by atoms with Crippen LogP contribution in [0.4, 0.5) is 34.1 Å². The van der Waals surface area contributed by atoms with Gasteiger partial charge in [-0.2, -0.15) is 21.0 Å². The molecule has 0 spiro atoms. The summed E-state index contributed by atoms with van der Waals surface area (Å²) < 4.78 is 0. The van der Waals surface area contributed by atoms with Crippen LogP contribution >= 0.6 is 0 Å². The number of hydrogen-bond acceptors (Lipinski definition) is 6. The van der Waals surface area contributed by atoms with Gasteiger partial charge in [0.25, 0.3) is 0 Å². The summed E-state index contributed by atoms with van der Waals surface area (Å²) in [5.74, 6) is 0. The van der Waals surface area contributed by atoms with Crippen molar-refractivity contribution >= 4 is 66.4 Å². The Bertz CT molecular complexity index is 2410. The lowest BCUT2D eigenvalue weighted by atomic mass is 9.91. The fourth-order valence-corrected chi connectivity index (χ4v) is 6.75. The summed E-state index contributed by atoms with van der Waals surface area (Å²) in [5.41, 5.74) is 7.77. The molecule has 8 aromatic carbocycles. The molecule has 0 heterocycles. The second-order valence-corrected chi connectivity index (χ2v) is 11.9. The highest BCUT2D eigenvalue weighted by atomic mass is 15.1. The lowest BCUT2D eigenvalue weighted by Gasteiger charge is -2.29. The van der Waals surface area contributed by atoms with Crippen LogP contribution < -0.4 is 9.80 Å². The van der Waals surface area contributed by atoms with Gasteiger partial charge in [0.05, 0.1) is 57.9 Å². The molecule has 6 nitrogen and oxygen atoms in total. The highest BCUT2D eigenvalue weighted by Gasteiger charge is 2.22. The van der Waals surface area contributed by atoms with E-state index in [9.17, 15) is 21.0 Å². The number of nitrogens with zero attached hydrogens (tertiary/aromatic N) is 6. The second kappa shape index (κ2) is 12.2. The number of hydrogen-bond donors (Lipinski definition) is 0. The molecule has 0 aliphatic carbocycles. The molecule has 50 heavy (non-hydrogen) atoms. The Morgan fingerprint density at radius 1 is 0.300 bits per heavy atom. The van der Waals surface area contributed by atoms with Crippen LogP contribution in [0, 0.1) is 45.3 Å². The third kappa shape index (κ3) is 4.95. The van der Waals surface area contributed by atoms with Crippen molar-refractivity contribution in [1.29, 1.82) is 21.0 Å². The Hall–Kier alpha value is -7.64. The third-order valence-electron chi connectivity index (χ3n) is 9.12. The van der Waals surface area contributed by atoms with E-state index < -0.39 is 0 Å². The molecule has 0 aliphatic rings. The molecular formula is C44H24N6. The smallest absolute Gasteiger partial charge is 0.0991 e. The molecular weight excluding hydrogens is 613 g/mol. The molecule has 0 amide bonds. The van der Waals surface area contributed by atoms with Crippen LogP contribution in [0.5, 0.6) is 0 Å². The van der Waals surface area contributed by atoms with Crippen LogP contribution in [0.15, 0.2) is 146 Å². The minimum absolute atomic E-state index is 0.575. The topological polar surface area (TPSA) is 102 Å². The average Bonchev–Trinajstić information content (AvgIpc) is 3.19. The SMILES string of the molecule is N#Cc1ccc(N(c2ccc(C#N)cc2)c2ccc3ccc4c(N(c5ccc(C#N)cc5)c5ccc(C#N)cc5)ccc5ccc2c3c54)cc1. The number of rotatable bonds is 6. The second-order valence-electron chi connectivity index (χ2n) is 11.9. The van der Waals surface area contributed by atoms with Crippen LogP contribution in [-0.2, 0) is 0 Å². The van der Waals surface area contributed by atoms with E-state index in [0.29, 0.717) is 22.3 Å². The minimum atomic E-state index is 0.575. The minimum Gasteiger partial charge on any atom is -0.310 e. The maximum atomic E-state index is 9.49. The van der Waals surface area contributed by atoms with E-state index in [4.69, 9.17) is 0 Å². The van der Waals surface area contributed by atoms with Crippen molar-refractivity contribution in [3.8, 4) is 24.3 Å². The molecule has 0 saturated heterocycles. The molecule has 0 saturated carbocycles. The zero-order chi connectivity index (χ0) is 34.2. The Kier molecular flexibility index (Phi) is 7.25. The molecule has 0 aliphatic heterocycles. The normalized spacial score (nSPS) is 10.7. The summed E-state index contributed by atoms with van der Waals surface area (Å²) in [6, 6.07) is 56.1. The fraction of sp³-hybridized carbons (Fsp3) is 0. The molecule has 0 N–H and O–H groups in total. The van der Waals surface area contributed by atoms with Crippen molar-refractivity contribution < 1.29 is 0 Å². The summed E-state index contributed by atoms with van der Waals surface area (Å²) in [4.78, 5) is 4.32. The third-order valence-corrected chi connectivity index (χ3v) is 9.12. The zero-order valence-electron chi connectivity index (χ0n) is 26.5. The van der Waals surface area contributed by atoms with E-state index in [0.717, 1.165) is 66.4 Å². The van der Waals surface area contributed by atoms with E-state index >= 15 is 0 Å². The molecule has 8 aromatic rings. The van der Waals surface area contributed by atoms with Gasteiger partial charge in [-0.15, -0.1) is 0 Å². The number of nitriles is 4. The first kappa shape index (κ1) is 29.7. The van der Waals surface area contributed by atoms with Gasteiger partial charge in [-0.25, -0.2) is 0 Å². The molecule has 0 atom stereocenters. The monoisotopic (exact) mass is 636 g/mol. The Balaban J connectivity index is 1.38. The number of anilines is 6. The number of benzene rings is 8. The van der Waals surface area contributed by atoms with Gasteiger partial charge in [0.2, 0.25) is 0 Å². The van der Waals surface area contributed by atoms with Crippen molar-refractivity contribution in [3.05, 3.63) is 168 Å². The van der Waals surface area contributed by atoms with Crippen LogP contribution in [0.1, 0.15) is 22.3 Å². The maximum Gasteiger partial charge on any atom is 0.0991 e. The highest BCUT2D eigenvalue weighted by molar-refractivity contribution is 6.28. The lowest BCUT2D eigenvalue weighted by molar-refractivity contribution is 1.29. The van der Waals surface area contributed by atoms with Gasteiger partial charge in [-0.3, -0.25) is 0 Å². The van der Waals surface area contributed by atoms with Crippen LogP contribution in [0.2, 0.25) is 0 Å². The first-order valence-electron chi connectivity index (χ1n) is 15.9. The van der Waals surface area contributed by atoms with E-state index in [-0.39, 0.29) is 0 Å². The van der Waals surface area contributed by atoms with E-state index in [1.54, 1.807) is 0 Å².